The number of aryl methyl sites for hydroxylation is 1. The van der Waals surface area contributed by atoms with Crippen LogP contribution in [0.5, 0.6) is 5.75 Å². The van der Waals surface area contributed by atoms with Crippen molar-refractivity contribution in [2.45, 2.75) is 25.1 Å². The van der Waals surface area contributed by atoms with Gasteiger partial charge in [0, 0.05) is 16.9 Å². The lowest BCUT2D eigenvalue weighted by atomic mass is 10.1. The van der Waals surface area contributed by atoms with Crippen LogP contribution in [-0.4, -0.2) is 21.2 Å². The number of benzene rings is 2. The minimum Gasteiger partial charge on any atom is -0.544 e. The maximum Gasteiger partial charge on any atom is 0.213 e. The van der Waals surface area contributed by atoms with Crippen molar-refractivity contribution >= 4 is 23.8 Å². The summed E-state index contributed by atoms with van der Waals surface area (Å²) in [4.78, 5) is 15.7. The number of thioether (sulfide) groups is 1. The Morgan fingerprint density at radius 2 is 2.03 bits per heavy atom. The van der Waals surface area contributed by atoms with Crippen molar-refractivity contribution in [1.82, 2.24) is 15.2 Å². The molecule has 1 aromatic heterocycles. The van der Waals surface area contributed by atoms with Gasteiger partial charge in [-0.3, -0.25) is 5.10 Å². The van der Waals surface area contributed by atoms with Crippen LogP contribution in [0.3, 0.4) is 0 Å². The Labute approximate surface area is 172 Å². The van der Waals surface area contributed by atoms with Crippen molar-refractivity contribution in [2.75, 3.05) is 0 Å². The number of carbonyl (C=O) groups excluding carboxylic acids is 1. The van der Waals surface area contributed by atoms with Crippen LogP contribution in [0.4, 0.5) is 0 Å². The Bertz CT molecular complexity index is 1070. The molecule has 0 aliphatic heterocycles. The molecule has 3 aromatic rings. The molecule has 2 aromatic carbocycles. The first-order chi connectivity index (χ1) is 14.1. The zero-order valence-electron chi connectivity index (χ0n) is 15.6. The van der Waals surface area contributed by atoms with E-state index in [1.807, 2.05) is 19.1 Å². The first-order valence-electron chi connectivity index (χ1n) is 8.82. The van der Waals surface area contributed by atoms with E-state index in [1.54, 1.807) is 36.4 Å². The van der Waals surface area contributed by atoms with Gasteiger partial charge in [0.25, 0.3) is 0 Å². The van der Waals surface area contributed by atoms with E-state index in [-0.39, 0.29) is 11.5 Å². The van der Waals surface area contributed by atoms with Crippen molar-refractivity contribution in [2.24, 2.45) is 0 Å². The Morgan fingerprint density at radius 3 is 2.69 bits per heavy atom. The zero-order valence-corrected chi connectivity index (χ0v) is 16.4. The number of hydrogen-bond donors (Lipinski definition) is 1. The fourth-order valence-electron chi connectivity index (χ4n) is 2.44. The van der Waals surface area contributed by atoms with Crippen LogP contribution in [0.2, 0.25) is 0 Å². The summed E-state index contributed by atoms with van der Waals surface area (Å²) >= 11 is 0.927. The third-order valence-electron chi connectivity index (χ3n) is 3.96. The van der Waals surface area contributed by atoms with Crippen LogP contribution in [0.1, 0.15) is 29.4 Å². The maximum absolute atomic E-state index is 11.5. The molecule has 0 fully saturated rings. The third-order valence-corrected chi connectivity index (χ3v) is 4.83. The number of carbonyl (C=O) groups is 1. The van der Waals surface area contributed by atoms with E-state index in [1.165, 1.54) is 6.08 Å². The normalized spacial score (nSPS) is 11.1. The zero-order chi connectivity index (χ0) is 20.6. The van der Waals surface area contributed by atoms with Crippen LogP contribution >= 0.6 is 11.8 Å². The van der Waals surface area contributed by atoms with Gasteiger partial charge in [-0.2, -0.15) is 5.26 Å². The Balaban J connectivity index is 1.69. The highest BCUT2D eigenvalue weighted by Crippen LogP contribution is 2.26. The Morgan fingerprint density at radius 1 is 1.28 bits per heavy atom. The molecule has 0 aliphatic rings. The fourth-order valence-corrected chi connectivity index (χ4v) is 3.16. The van der Waals surface area contributed by atoms with Crippen LogP contribution in [0.25, 0.3) is 6.08 Å². The minimum atomic E-state index is -1.30. The van der Waals surface area contributed by atoms with Gasteiger partial charge >= 0.3 is 0 Å². The van der Waals surface area contributed by atoms with Gasteiger partial charge in [0.05, 0.1) is 17.6 Å². The molecule has 0 radical (unpaired) electrons. The van der Waals surface area contributed by atoms with E-state index in [9.17, 15) is 9.90 Å². The largest absolute Gasteiger partial charge is 0.544 e. The van der Waals surface area contributed by atoms with Gasteiger partial charge in [0.15, 0.2) is 0 Å². The number of H-pyrrole nitrogens is 1. The summed E-state index contributed by atoms with van der Waals surface area (Å²) in [6.07, 6.45) is 2.18. The first-order valence-corrected chi connectivity index (χ1v) is 9.63. The predicted molar refractivity (Wildman–Crippen MR) is 107 cm³/mol. The monoisotopic (exact) mass is 405 g/mol. The van der Waals surface area contributed by atoms with Crippen molar-refractivity contribution in [1.29, 1.82) is 5.26 Å². The SMILES string of the molecule is CCc1nc(S/C(=C/c2ccc(OCc3ccccc3C#N)cc2)C(=O)[O-])n[nH]1. The smallest absolute Gasteiger partial charge is 0.213 e. The number of carboxylic acid groups (broad SMARTS) is 1. The van der Waals surface area contributed by atoms with E-state index in [0.29, 0.717) is 34.3 Å². The third kappa shape index (κ3) is 5.46. The average molecular weight is 405 g/mol. The van der Waals surface area contributed by atoms with Gasteiger partial charge in [-0.05, 0) is 41.6 Å². The molecule has 1 N–H and O–H groups in total. The number of nitrogens with one attached hydrogen (secondary N) is 1. The standard InChI is InChI=1S/C21H18N4O3S/c1-2-19-23-21(25-24-19)29-18(20(26)27)11-14-7-9-17(10-8-14)28-13-16-6-4-3-5-15(16)12-22/h3-11H,2,13H2,1H3,(H,26,27)(H,23,24,25)/p-1/b18-11+. The second kappa shape index (κ2) is 9.57. The Kier molecular flexibility index (Phi) is 6.66. The number of hydrogen-bond acceptors (Lipinski definition) is 7. The Hall–Kier alpha value is -3.57. The molecule has 0 aliphatic carbocycles. The lowest BCUT2D eigenvalue weighted by Crippen LogP contribution is -2.23. The molecule has 1 heterocycles. The molecule has 0 unspecified atom stereocenters. The van der Waals surface area contributed by atoms with Gasteiger partial charge in [0.1, 0.15) is 18.2 Å². The molecule has 0 saturated carbocycles. The lowest BCUT2D eigenvalue weighted by molar-refractivity contribution is -0.297. The van der Waals surface area contributed by atoms with E-state index < -0.39 is 5.97 Å². The molecule has 0 spiro atoms. The summed E-state index contributed by atoms with van der Waals surface area (Å²) in [6, 6.07) is 16.3. The number of nitrogens with zero attached hydrogens (tertiary/aromatic N) is 3. The summed E-state index contributed by atoms with van der Waals surface area (Å²) in [6.45, 7) is 2.19. The second-order valence-corrected chi connectivity index (χ2v) is 6.95. The van der Waals surface area contributed by atoms with Gasteiger partial charge in [0.2, 0.25) is 5.16 Å². The van der Waals surface area contributed by atoms with E-state index >= 15 is 0 Å². The second-order valence-electron chi connectivity index (χ2n) is 5.94. The molecule has 7 nitrogen and oxygen atoms in total. The minimum absolute atomic E-state index is 0.00303. The number of ether oxygens (including phenoxy) is 1. The summed E-state index contributed by atoms with van der Waals surface area (Å²) in [5.74, 6) is -0.00458. The summed E-state index contributed by atoms with van der Waals surface area (Å²) in [5, 5.41) is 27.6. The van der Waals surface area contributed by atoms with E-state index in [0.717, 1.165) is 17.3 Å². The van der Waals surface area contributed by atoms with Crippen molar-refractivity contribution in [3.63, 3.8) is 0 Å². The number of rotatable bonds is 8. The maximum atomic E-state index is 11.5. The number of aromatic nitrogens is 3. The molecule has 29 heavy (non-hydrogen) atoms. The molecule has 0 amide bonds. The van der Waals surface area contributed by atoms with Crippen LogP contribution < -0.4 is 9.84 Å². The van der Waals surface area contributed by atoms with Crippen molar-refractivity contribution < 1.29 is 14.6 Å². The van der Waals surface area contributed by atoms with E-state index in [4.69, 9.17) is 10.00 Å². The summed E-state index contributed by atoms with van der Waals surface area (Å²) < 4.78 is 5.72. The molecule has 0 saturated heterocycles. The molecule has 8 heteroatoms. The molecule has 3 rings (SSSR count). The quantitative estimate of drug-likeness (QED) is 0.452. The average Bonchev–Trinajstić information content (AvgIpc) is 3.20. The predicted octanol–water partition coefficient (Wildman–Crippen LogP) is 2.70. The highest BCUT2D eigenvalue weighted by molar-refractivity contribution is 8.04. The van der Waals surface area contributed by atoms with Gasteiger partial charge in [-0.1, -0.05) is 37.3 Å². The van der Waals surface area contributed by atoms with Crippen LogP contribution in [0, 0.1) is 11.3 Å². The summed E-state index contributed by atoms with van der Waals surface area (Å²) in [5.41, 5.74) is 2.04. The van der Waals surface area contributed by atoms with Crippen molar-refractivity contribution in [3.8, 4) is 11.8 Å². The van der Waals surface area contributed by atoms with Crippen LogP contribution in [-0.2, 0) is 17.8 Å². The highest BCUT2D eigenvalue weighted by atomic mass is 32.2. The summed E-state index contributed by atoms with van der Waals surface area (Å²) in [7, 11) is 0. The highest BCUT2D eigenvalue weighted by Gasteiger charge is 2.08. The van der Waals surface area contributed by atoms with Gasteiger partial charge < -0.3 is 14.6 Å². The molecule has 0 atom stereocenters. The number of nitriles is 1. The van der Waals surface area contributed by atoms with Gasteiger partial charge in [-0.25, -0.2) is 4.98 Å². The molecule has 0 bridgehead atoms. The van der Waals surface area contributed by atoms with Gasteiger partial charge in [-0.15, -0.1) is 5.10 Å². The van der Waals surface area contributed by atoms with Crippen LogP contribution in [0.15, 0.2) is 58.6 Å². The molecular weight excluding hydrogens is 388 g/mol. The molecule has 146 valence electrons. The molecular formula is C21H17N4O3S-. The first kappa shape index (κ1) is 20.2. The topological polar surface area (TPSA) is 115 Å². The fraction of sp³-hybridized carbons (Fsp3) is 0.143. The van der Waals surface area contributed by atoms with Crippen molar-refractivity contribution in [3.05, 3.63) is 76.0 Å². The van der Waals surface area contributed by atoms with E-state index in [2.05, 4.69) is 21.3 Å². The lowest BCUT2D eigenvalue weighted by Gasteiger charge is -2.09. The number of carboxylic acids is 1. The number of aromatic amines is 1. The number of aliphatic carboxylic acids is 1.